The van der Waals surface area contributed by atoms with Crippen LogP contribution in [0.3, 0.4) is 0 Å². The first-order valence-electron chi connectivity index (χ1n) is 12.3. The lowest BCUT2D eigenvalue weighted by Gasteiger charge is -2.44. The van der Waals surface area contributed by atoms with Gasteiger partial charge in [-0.3, -0.25) is 9.59 Å². The summed E-state index contributed by atoms with van der Waals surface area (Å²) in [5.74, 6) is 0.409. The van der Waals surface area contributed by atoms with Gasteiger partial charge in [0.2, 0.25) is 5.91 Å². The number of benzene rings is 3. The SMILES string of the molecule is COc1ccccc1CNC(=O)[C@]1(C)Cn2c(cc3ccccc32)C(=O)N1CCc1ccc(C)cc1. The molecular weight excluding hydrogens is 450 g/mol. The third-order valence-corrected chi connectivity index (χ3v) is 7.20. The van der Waals surface area contributed by atoms with Gasteiger partial charge in [0.05, 0.1) is 13.7 Å². The largest absolute Gasteiger partial charge is 0.496 e. The van der Waals surface area contributed by atoms with Crippen molar-refractivity contribution < 1.29 is 14.3 Å². The van der Waals surface area contributed by atoms with Crippen molar-refractivity contribution in [1.29, 1.82) is 0 Å². The first-order valence-corrected chi connectivity index (χ1v) is 12.3. The zero-order valence-electron chi connectivity index (χ0n) is 21.0. The predicted octanol–water partition coefficient (Wildman–Crippen LogP) is 4.73. The number of carbonyl (C=O) groups excluding carboxylic acids is 2. The summed E-state index contributed by atoms with van der Waals surface area (Å²) in [5, 5.41) is 4.08. The summed E-state index contributed by atoms with van der Waals surface area (Å²) < 4.78 is 7.44. The van der Waals surface area contributed by atoms with Gasteiger partial charge in [-0.15, -0.1) is 0 Å². The number of hydrogen-bond acceptors (Lipinski definition) is 3. The number of rotatable bonds is 7. The number of amides is 2. The minimum atomic E-state index is -1.06. The molecule has 1 aliphatic rings. The van der Waals surface area contributed by atoms with Gasteiger partial charge in [0, 0.05) is 29.6 Å². The number of carbonyl (C=O) groups is 2. The highest BCUT2D eigenvalue weighted by molar-refractivity contribution is 6.03. The van der Waals surface area contributed by atoms with Crippen molar-refractivity contribution in [1.82, 2.24) is 14.8 Å². The molecule has 6 heteroatoms. The summed E-state index contributed by atoms with van der Waals surface area (Å²) in [7, 11) is 1.62. The summed E-state index contributed by atoms with van der Waals surface area (Å²) in [6, 6.07) is 25.8. The van der Waals surface area contributed by atoms with E-state index in [9.17, 15) is 9.59 Å². The van der Waals surface area contributed by atoms with Crippen LogP contribution in [0.4, 0.5) is 0 Å². The third-order valence-electron chi connectivity index (χ3n) is 7.20. The molecule has 184 valence electrons. The van der Waals surface area contributed by atoms with Gasteiger partial charge in [-0.05, 0) is 44.0 Å². The van der Waals surface area contributed by atoms with E-state index in [1.165, 1.54) is 5.56 Å². The maximum absolute atomic E-state index is 13.9. The molecule has 0 bridgehead atoms. The monoisotopic (exact) mass is 481 g/mol. The first-order chi connectivity index (χ1) is 17.4. The molecule has 0 saturated heterocycles. The second-order valence-electron chi connectivity index (χ2n) is 9.64. The molecule has 0 spiro atoms. The molecule has 1 N–H and O–H groups in total. The Morgan fingerprint density at radius 2 is 1.75 bits per heavy atom. The standard InChI is InChI=1S/C30H31N3O3/c1-21-12-14-22(15-13-21)16-17-33-28(34)26-18-23-8-4-6-10-25(23)32(26)20-30(33,2)29(35)31-19-24-9-5-7-11-27(24)36-3/h4-15,18H,16-17,19-20H2,1-3H3,(H,31,35)/t30-/m0/s1. The van der Waals surface area contributed by atoms with Crippen LogP contribution in [0.15, 0.2) is 78.9 Å². The van der Waals surface area contributed by atoms with E-state index in [1.807, 2.05) is 66.1 Å². The maximum Gasteiger partial charge on any atom is 0.271 e. The van der Waals surface area contributed by atoms with E-state index in [0.29, 0.717) is 31.7 Å². The number of aryl methyl sites for hydroxylation is 1. The van der Waals surface area contributed by atoms with E-state index in [-0.39, 0.29) is 11.8 Å². The average molecular weight is 482 g/mol. The van der Waals surface area contributed by atoms with Crippen molar-refractivity contribution in [3.8, 4) is 5.75 Å². The summed E-state index contributed by atoms with van der Waals surface area (Å²) >= 11 is 0. The van der Waals surface area contributed by atoms with E-state index in [1.54, 1.807) is 12.0 Å². The smallest absolute Gasteiger partial charge is 0.271 e. The number of aromatic nitrogens is 1. The Morgan fingerprint density at radius 3 is 2.53 bits per heavy atom. The van der Waals surface area contributed by atoms with Gasteiger partial charge < -0.3 is 19.5 Å². The fourth-order valence-electron chi connectivity index (χ4n) is 5.07. The molecule has 0 aliphatic carbocycles. The van der Waals surface area contributed by atoms with Crippen LogP contribution >= 0.6 is 0 Å². The van der Waals surface area contributed by atoms with E-state index in [2.05, 4.69) is 36.5 Å². The number of ether oxygens (including phenoxy) is 1. The lowest BCUT2D eigenvalue weighted by molar-refractivity contribution is -0.133. The number of methoxy groups -OCH3 is 1. The molecule has 2 heterocycles. The lowest BCUT2D eigenvalue weighted by atomic mass is 9.93. The lowest BCUT2D eigenvalue weighted by Crippen LogP contribution is -2.64. The van der Waals surface area contributed by atoms with Crippen molar-refractivity contribution in [2.24, 2.45) is 0 Å². The zero-order chi connectivity index (χ0) is 25.3. The highest BCUT2D eigenvalue weighted by Crippen LogP contribution is 2.32. The molecule has 1 aliphatic heterocycles. The molecule has 4 aromatic rings. The van der Waals surface area contributed by atoms with Gasteiger partial charge in [-0.2, -0.15) is 0 Å². The Morgan fingerprint density at radius 1 is 1.03 bits per heavy atom. The Hall–Kier alpha value is -4.06. The fourth-order valence-corrected chi connectivity index (χ4v) is 5.07. The van der Waals surface area contributed by atoms with Crippen molar-refractivity contribution in [3.05, 3.63) is 101 Å². The molecule has 1 aromatic heterocycles. The molecule has 0 saturated carbocycles. The van der Waals surface area contributed by atoms with Crippen molar-refractivity contribution in [2.75, 3.05) is 13.7 Å². The Labute approximate surface area is 211 Å². The molecule has 3 aromatic carbocycles. The quantitative estimate of drug-likeness (QED) is 0.415. The van der Waals surface area contributed by atoms with Crippen LogP contribution in [0.5, 0.6) is 5.75 Å². The third kappa shape index (κ3) is 4.24. The van der Waals surface area contributed by atoms with Gasteiger partial charge in [0.15, 0.2) is 0 Å². The minimum absolute atomic E-state index is 0.125. The van der Waals surface area contributed by atoms with Crippen LogP contribution in [0.1, 0.15) is 34.1 Å². The van der Waals surface area contributed by atoms with E-state index < -0.39 is 5.54 Å². The van der Waals surface area contributed by atoms with Crippen LogP contribution in [0, 0.1) is 6.92 Å². The topological polar surface area (TPSA) is 63.6 Å². The summed E-state index contributed by atoms with van der Waals surface area (Å²) in [5.41, 5.74) is 3.74. The van der Waals surface area contributed by atoms with Crippen LogP contribution in [0.2, 0.25) is 0 Å². The van der Waals surface area contributed by atoms with Crippen LogP contribution in [-0.4, -0.2) is 40.5 Å². The molecule has 1 atom stereocenters. The van der Waals surface area contributed by atoms with Gasteiger partial charge in [0.25, 0.3) is 5.91 Å². The normalized spacial score (nSPS) is 17.2. The number of nitrogens with zero attached hydrogens (tertiary/aromatic N) is 2. The van der Waals surface area contributed by atoms with Crippen LogP contribution < -0.4 is 10.1 Å². The summed E-state index contributed by atoms with van der Waals surface area (Å²) in [6.45, 7) is 5.07. The highest BCUT2D eigenvalue weighted by Gasteiger charge is 2.47. The maximum atomic E-state index is 13.9. The Balaban J connectivity index is 1.47. The van der Waals surface area contributed by atoms with Crippen molar-refractivity contribution in [3.63, 3.8) is 0 Å². The summed E-state index contributed by atoms with van der Waals surface area (Å²) in [6.07, 6.45) is 0.668. The number of fused-ring (bicyclic) bond motifs is 3. The van der Waals surface area contributed by atoms with Crippen molar-refractivity contribution in [2.45, 2.75) is 38.9 Å². The number of nitrogens with one attached hydrogen (secondary N) is 1. The first kappa shape index (κ1) is 23.7. The second-order valence-corrected chi connectivity index (χ2v) is 9.64. The average Bonchev–Trinajstić information content (AvgIpc) is 3.26. The predicted molar refractivity (Wildman–Crippen MR) is 141 cm³/mol. The van der Waals surface area contributed by atoms with Crippen LogP contribution in [-0.2, 0) is 24.3 Å². The molecular formula is C30H31N3O3. The van der Waals surface area contributed by atoms with E-state index >= 15 is 0 Å². The molecule has 0 radical (unpaired) electrons. The Bertz CT molecular complexity index is 1420. The number of hydrogen-bond donors (Lipinski definition) is 1. The number of para-hydroxylation sites is 2. The minimum Gasteiger partial charge on any atom is -0.496 e. The molecule has 5 rings (SSSR count). The molecule has 2 amide bonds. The fraction of sp³-hybridized carbons (Fsp3) is 0.267. The van der Waals surface area contributed by atoms with E-state index in [0.717, 1.165) is 27.8 Å². The summed E-state index contributed by atoms with van der Waals surface area (Å²) in [4.78, 5) is 29.4. The van der Waals surface area contributed by atoms with E-state index in [4.69, 9.17) is 4.74 Å². The van der Waals surface area contributed by atoms with Crippen molar-refractivity contribution >= 4 is 22.7 Å². The highest BCUT2D eigenvalue weighted by atomic mass is 16.5. The second kappa shape index (κ2) is 9.53. The van der Waals surface area contributed by atoms with Gasteiger partial charge >= 0.3 is 0 Å². The Kier molecular flexibility index (Phi) is 6.27. The van der Waals surface area contributed by atoms with Gasteiger partial charge in [-0.25, -0.2) is 0 Å². The van der Waals surface area contributed by atoms with Crippen LogP contribution in [0.25, 0.3) is 10.9 Å². The van der Waals surface area contributed by atoms with Gasteiger partial charge in [0.1, 0.15) is 17.0 Å². The molecule has 36 heavy (non-hydrogen) atoms. The van der Waals surface area contributed by atoms with Gasteiger partial charge in [-0.1, -0.05) is 66.2 Å². The molecule has 0 fully saturated rings. The molecule has 6 nitrogen and oxygen atoms in total. The zero-order valence-corrected chi connectivity index (χ0v) is 21.0. The molecule has 0 unspecified atom stereocenters.